The number of benzene rings is 1. The summed E-state index contributed by atoms with van der Waals surface area (Å²) in [5.41, 5.74) is 0.255. The minimum absolute atomic E-state index is 0.131. The molecule has 1 aromatic carbocycles. The second-order valence-corrected chi connectivity index (χ2v) is 9.52. The standard InChI is InChI=1S/C19H24N2O4S/c1-13-9-14(2)12-21(11-13)26(23,24)17-7-5-16(6-8-17)19(22)25-18(10-20)15-3-4-15/h5-8,13-15,18H,3-4,9,11-12H2,1-2H3/t13-,14+,18-/m1/s1. The lowest BCUT2D eigenvalue weighted by molar-refractivity contribution is 0.0370. The Morgan fingerprint density at radius 3 is 2.27 bits per heavy atom. The van der Waals surface area contributed by atoms with Gasteiger partial charge >= 0.3 is 5.97 Å². The number of nitriles is 1. The summed E-state index contributed by atoms with van der Waals surface area (Å²) in [7, 11) is -3.57. The molecule has 3 atom stereocenters. The molecule has 140 valence electrons. The smallest absolute Gasteiger partial charge is 0.339 e. The summed E-state index contributed by atoms with van der Waals surface area (Å²) in [5, 5.41) is 9.06. The van der Waals surface area contributed by atoms with Gasteiger partial charge in [-0.05, 0) is 55.4 Å². The second-order valence-electron chi connectivity index (χ2n) is 7.58. The fourth-order valence-electron chi connectivity index (χ4n) is 3.52. The number of hydrogen-bond acceptors (Lipinski definition) is 5. The summed E-state index contributed by atoms with van der Waals surface area (Å²) in [6, 6.07) is 7.79. The molecule has 1 aliphatic heterocycles. The van der Waals surface area contributed by atoms with Gasteiger partial charge in [0.05, 0.1) is 10.5 Å². The van der Waals surface area contributed by atoms with Crippen LogP contribution in [0.2, 0.25) is 0 Å². The molecule has 1 saturated heterocycles. The number of hydrogen-bond donors (Lipinski definition) is 0. The van der Waals surface area contributed by atoms with Gasteiger partial charge in [-0.15, -0.1) is 0 Å². The van der Waals surface area contributed by atoms with Gasteiger partial charge in [0.1, 0.15) is 6.07 Å². The van der Waals surface area contributed by atoms with Crippen LogP contribution in [-0.2, 0) is 14.8 Å². The van der Waals surface area contributed by atoms with Gasteiger partial charge in [0, 0.05) is 19.0 Å². The van der Waals surface area contributed by atoms with E-state index in [1.54, 1.807) is 0 Å². The molecule has 0 spiro atoms. The van der Waals surface area contributed by atoms with E-state index in [0.717, 1.165) is 19.3 Å². The summed E-state index contributed by atoms with van der Waals surface area (Å²) in [6.07, 6.45) is 2.10. The molecular formula is C19H24N2O4S. The van der Waals surface area contributed by atoms with Gasteiger partial charge in [0.15, 0.2) is 6.10 Å². The lowest BCUT2D eigenvalue weighted by atomic mass is 9.94. The average molecular weight is 376 g/mol. The second kappa shape index (κ2) is 7.37. The van der Waals surface area contributed by atoms with Crippen molar-refractivity contribution < 1.29 is 17.9 Å². The Morgan fingerprint density at radius 2 is 1.77 bits per heavy atom. The average Bonchev–Trinajstić information content (AvgIpc) is 3.43. The summed E-state index contributed by atoms with van der Waals surface area (Å²) in [4.78, 5) is 12.3. The van der Waals surface area contributed by atoms with Crippen LogP contribution in [0.3, 0.4) is 0 Å². The normalized spacial score (nSPS) is 25.3. The Balaban J connectivity index is 1.72. The van der Waals surface area contributed by atoms with E-state index in [1.807, 2.05) is 6.07 Å². The Morgan fingerprint density at radius 1 is 1.19 bits per heavy atom. The third-order valence-electron chi connectivity index (χ3n) is 4.97. The third-order valence-corrected chi connectivity index (χ3v) is 6.82. The highest BCUT2D eigenvalue weighted by molar-refractivity contribution is 7.89. The number of sulfonamides is 1. The number of piperidine rings is 1. The highest BCUT2D eigenvalue weighted by Gasteiger charge is 2.35. The maximum Gasteiger partial charge on any atom is 0.339 e. The summed E-state index contributed by atoms with van der Waals surface area (Å²) >= 11 is 0. The molecule has 0 radical (unpaired) electrons. The quantitative estimate of drug-likeness (QED) is 0.738. The number of ether oxygens (including phenoxy) is 1. The van der Waals surface area contributed by atoms with Crippen molar-refractivity contribution in [1.82, 2.24) is 4.31 Å². The first-order valence-electron chi connectivity index (χ1n) is 9.02. The number of esters is 1. The number of carbonyl (C=O) groups excluding carboxylic acids is 1. The van der Waals surface area contributed by atoms with Crippen molar-refractivity contribution in [3.8, 4) is 6.07 Å². The molecule has 1 heterocycles. The van der Waals surface area contributed by atoms with E-state index < -0.39 is 22.1 Å². The molecule has 2 aliphatic rings. The topological polar surface area (TPSA) is 87.5 Å². The lowest BCUT2D eigenvalue weighted by Crippen LogP contribution is -2.42. The van der Waals surface area contributed by atoms with Crippen molar-refractivity contribution in [3.05, 3.63) is 29.8 Å². The Kier molecular flexibility index (Phi) is 5.35. The molecule has 0 amide bonds. The van der Waals surface area contributed by atoms with Crippen molar-refractivity contribution in [1.29, 1.82) is 5.26 Å². The summed E-state index contributed by atoms with van der Waals surface area (Å²) in [6.45, 7) is 5.15. The molecule has 2 fully saturated rings. The minimum atomic E-state index is -3.57. The molecule has 7 heteroatoms. The molecule has 3 rings (SSSR count). The van der Waals surface area contributed by atoms with Gasteiger partial charge in [-0.3, -0.25) is 0 Å². The van der Waals surface area contributed by atoms with E-state index in [9.17, 15) is 13.2 Å². The van der Waals surface area contributed by atoms with E-state index in [4.69, 9.17) is 10.00 Å². The van der Waals surface area contributed by atoms with Crippen molar-refractivity contribution in [2.45, 2.75) is 44.1 Å². The van der Waals surface area contributed by atoms with Gasteiger partial charge in [-0.25, -0.2) is 13.2 Å². The van der Waals surface area contributed by atoms with E-state index in [-0.39, 0.29) is 16.4 Å². The molecule has 6 nitrogen and oxygen atoms in total. The van der Waals surface area contributed by atoms with Crippen LogP contribution in [0.5, 0.6) is 0 Å². The van der Waals surface area contributed by atoms with Gasteiger partial charge in [-0.1, -0.05) is 13.8 Å². The summed E-state index contributed by atoms with van der Waals surface area (Å²) in [5.74, 6) is 0.195. The molecule has 0 N–H and O–H groups in total. The van der Waals surface area contributed by atoms with Crippen LogP contribution >= 0.6 is 0 Å². The highest BCUT2D eigenvalue weighted by atomic mass is 32.2. The zero-order chi connectivity index (χ0) is 18.9. The molecule has 0 bridgehead atoms. The largest absolute Gasteiger partial charge is 0.443 e. The third kappa shape index (κ3) is 4.08. The van der Waals surface area contributed by atoms with E-state index >= 15 is 0 Å². The lowest BCUT2D eigenvalue weighted by Gasteiger charge is -2.34. The van der Waals surface area contributed by atoms with E-state index in [0.29, 0.717) is 24.9 Å². The van der Waals surface area contributed by atoms with Gasteiger partial charge in [0.25, 0.3) is 0 Å². The predicted octanol–water partition coefficient (Wildman–Crippen LogP) is 2.81. The highest BCUT2D eigenvalue weighted by Crippen LogP contribution is 2.34. The molecule has 1 aromatic rings. The minimum Gasteiger partial charge on any atom is -0.443 e. The zero-order valence-electron chi connectivity index (χ0n) is 15.1. The van der Waals surface area contributed by atoms with Crippen LogP contribution in [0.25, 0.3) is 0 Å². The van der Waals surface area contributed by atoms with Crippen molar-refractivity contribution in [2.75, 3.05) is 13.1 Å². The van der Waals surface area contributed by atoms with Crippen LogP contribution in [-0.4, -0.2) is 37.9 Å². The SMILES string of the molecule is C[C@@H]1C[C@H](C)CN(S(=O)(=O)c2ccc(C(=O)O[C@H](C#N)C3CC3)cc2)C1. The molecule has 1 saturated carbocycles. The summed E-state index contributed by atoms with van der Waals surface area (Å²) < 4.78 is 32.4. The molecule has 0 aromatic heterocycles. The maximum atomic E-state index is 12.8. The molecule has 26 heavy (non-hydrogen) atoms. The van der Waals surface area contributed by atoms with Crippen LogP contribution < -0.4 is 0 Å². The number of nitrogens with zero attached hydrogens (tertiary/aromatic N) is 2. The Labute approximate surface area is 154 Å². The number of carbonyl (C=O) groups is 1. The van der Waals surface area contributed by atoms with Crippen LogP contribution in [0.15, 0.2) is 29.2 Å². The first kappa shape index (κ1) is 18.9. The fraction of sp³-hybridized carbons (Fsp3) is 0.579. The fourth-order valence-corrected chi connectivity index (χ4v) is 5.20. The molecule has 0 unspecified atom stereocenters. The van der Waals surface area contributed by atoms with E-state index in [2.05, 4.69) is 13.8 Å². The van der Waals surface area contributed by atoms with Gasteiger partial charge in [0.2, 0.25) is 10.0 Å². The zero-order valence-corrected chi connectivity index (χ0v) is 15.9. The monoisotopic (exact) mass is 376 g/mol. The van der Waals surface area contributed by atoms with Crippen LogP contribution in [0, 0.1) is 29.1 Å². The van der Waals surface area contributed by atoms with Crippen molar-refractivity contribution >= 4 is 16.0 Å². The molecule has 1 aliphatic carbocycles. The van der Waals surface area contributed by atoms with E-state index in [1.165, 1.54) is 28.6 Å². The predicted molar refractivity (Wildman–Crippen MR) is 95.7 cm³/mol. The van der Waals surface area contributed by atoms with Crippen LogP contribution in [0.4, 0.5) is 0 Å². The van der Waals surface area contributed by atoms with Gasteiger partial charge in [-0.2, -0.15) is 9.57 Å². The Bertz CT molecular complexity index is 799. The first-order chi connectivity index (χ1) is 12.3. The van der Waals surface area contributed by atoms with Crippen molar-refractivity contribution in [2.24, 2.45) is 17.8 Å². The van der Waals surface area contributed by atoms with Crippen LogP contribution in [0.1, 0.15) is 43.5 Å². The van der Waals surface area contributed by atoms with Crippen molar-refractivity contribution in [3.63, 3.8) is 0 Å². The Hall–Kier alpha value is -1.91. The molecular weight excluding hydrogens is 352 g/mol. The first-order valence-corrected chi connectivity index (χ1v) is 10.5. The maximum absolute atomic E-state index is 12.8. The van der Waals surface area contributed by atoms with Gasteiger partial charge < -0.3 is 4.74 Å². The number of rotatable bonds is 5.